The van der Waals surface area contributed by atoms with Gasteiger partial charge in [-0.3, -0.25) is 9.20 Å². The lowest BCUT2D eigenvalue weighted by molar-refractivity contribution is -0.138. The fourth-order valence-corrected chi connectivity index (χ4v) is 3.76. The third-order valence-corrected chi connectivity index (χ3v) is 5.44. The normalized spacial score (nSPS) is 14.4. The van der Waals surface area contributed by atoms with Crippen LogP contribution in [0.2, 0.25) is 5.15 Å². The van der Waals surface area contributed by atoms with E-state index in [1.807, 2.05) is 0 Å². The van der Waals surface area contributed by atoms with Crippen molar-refractivity contribution < 1.29 is 27.2 Å². The third kappa shape index (κ3) is 4.29. The summed E-state index contributed by atoms with van der Waals surface area (Å²) in [7, 11) is 0. The first kappa shape index (κ1) is 19.8. The summed E-state index contributed by atoms with van der Waals surface area (Å²) < 4.78 is 63.6. The molecule has 4 aromatic rings. The van der Waals surface area contributed by atoms with Crippen molar-refractivity contribution in [3.63, 3.8) is 0 Å². The Labute approximate surface area is 201 Å². The number of benzene rings is 2. The molecule has 2 aromatic carbocycles. The summed E-state index contributed by atoms with van der Waals surface area (Å²) in [6.07, 6.45) is -5.26. The number of nitrogens with one attached hydrogen (secondary N) is 1. The molecule has 0 bridgehead atoms. The van der Waals surface area contributed by atoms with Gasteiger partial charge in [-0.2, -0.15) is 13.2 Å². The van der Waals surface area contributed by atoms with Crippen LogP contribution in [0.4, 0.5) is 24.7 Å². The van der Waals surface area contributed by atoms with Gasteiger partial charge in [0, 0.05) is 15.4 Å². The number of nitrogens with two attached hydrogens (primary N) is 1. The molecule has 0 spiro atoms. The van der Waals surface area contributed by atoms with E-state index in [0.29, 0.717) is 17.2 Å². The maximum Gasteiger partial charge on any atom is 0.416 e. The summed E-state index contributed by atoms with van der Waals surface area (Å²) >= 11 is 6.20. The van der Waals surface area contributed by atoms with Crippen molar-refractivity contribution in [2.24, 2.45) is 0 Å². The monoisotopic (exact) mass is 492 g/mol. The van der Waals surface area contributed by atoms with Gasteiger partial charge >= 0.3 is 6.18 Å². The van der Waals surface area contributed by atoms with Gasteiger partial charge in [0.05, 0.1) is 11.8 Å². The summed E-state index contributed by atoms with van der Waals surface area (Å²) in [6.45, 7) is -0.942. The van der Waals surface area contributed by atoms with Crippen LogP contribution < -0.4 is 11.1 Å². The van der Waals surface area contributed by atoms with Crippen molar-refractivity contribution in [1.29, 1.82) is 0 Å². The van der Waals surface area contributed by atoms with Gasteiger partial charge in [-0.25, -0.2) is 9.97 Å². The van der Waals surface area contributed by atoms with Crippen molar-refractivity contribution in [1.82, 2.24) is 14.4 Å². The minimum absolute atomic E-state index is 0.000748. The van der Waals surface area contributed by atoms with E-state index in [-0.39, 0.29) is 39.3 Å². The second-order valence-electron chi connectivity index (χ2n) is 7.48. The van der Waals surface area contributed by atoms with Gasteiger partial charge in [0.1, 0.15) is 28.0 Å². The molecule has 34 heavy (non-hydrogen) atoms. The van der Waals surface area contributed by atoms with Crippen molar-refractivity contribution in [3.8, 4) is 11.3 Å². The Kier molecular flexibility index (Phi) is 5.02. The molecule has 1 unspecified atom stereocenters. The molecule has 0 aliphatic carbocycles. The molecule has 2 heterocycles. The molecule has 0 radical (unpaired) electrons. The quantitative estimate of drug-likeness (QED) is 0.374. The number of nitrogen functional groups attached to an aromatic ring is 1. The number of imidazole rings is 1. The molecule has 0 saturated heterocycles. The van der Waals surface area contributed by atoms with Gasteiger partial charge in [0.25, 0.3) is 5.91 Å². The molecule has 2 aromatic heterocycles. The standard InChI is InChI=1S/C23H19ClF3N5O2/c1-11-8-15(31-22(34)20(33)13-4-3-5-14(9-13)23(25,26)27)6-7-16(11)18-19-21(28)29-10-17(24)32(19)12(2)30-18/h3-10,20,33H,1-2H3,(H2,28,29)(H,31,34)/i2D3. The average Bonchev–Trinajstić information content (AvgIpc) is 3.23. The number of aryl methyl sites for hydroxylation is 2. The number of hydrogen-bond acceptors (Lipinski definition) is 5. The summed E-state index contributed by atoms with van der Waals surface area (Å²) in [5, 5.41) is 12.8. The van der Waals surface area contributed by atoms with Crippen LogP contribution >= 0.6 is 11.6 Å². The number of carbonyl (C=O) groups is 1. The first-order chi connectivity index (χ1) is 17.2. The highest BCUT2D eigenvalue weighted by molar-refractivity contribution is 6.29. The number of alkyl halides is 3. The maximum absolute atomic E-state index is 13.0. The van der Waals surface area contributed by atoms with E-state index in [4.69, 9.17) is 21.4 Å². The van der Waals surface area contributed by atoms with Crippen molar-refractivity contribution in [2.75, 3.05) is 11.1 Å². The highest BCUT2D eigenvalue weighted by Gasteiger charge is 2.31. The van der Waals surface area contributed by atoms with Crippen LogP contribution in [-0.4, -0.2) is 25.4 Å². The number of halogens is 4. The lowest BCUT2D eigenvalue weighted by Gasteiger charge is -2.15. The molecule has 0 aliphatic heterocycles. The van der Waals surface area contributed by atoms with E-state index in [0.717, 1.165) is 12.1 Å². The largest absolute Gasteiger partial charge is 0.416 e. The molecule has 7 nitrogen and oxygen atoms in total. The molecule has 1 amide bonds. The van der Waals surface area contributed by atoms with Gasteiger partial charge in [-0.15, -0.1) is 0 Å². The Morgan fingerprint density at radius 1 is 1.29 bits per heavy atom. The number of aliphatic hydroxyl groups is 1. The first-order valence-electron chi connectivity index (χ1n) is 11.3. The number of aliphatic hydroxyl groups excluding tert-OH is 1. The SMILES string of the molecule is [2H]C([2H])([2H])c1nc(-c2ccc(NC(=O)C(O)c3cccc(C(F)(F)F)c3)cc2C)c2c(N)ncc(Cl)n12. The molecule has 4 N–H and O–H groups in total. The van der Waals surface area contributed by atoms with E-state index in [1.165, 1.54) is 28.8 Å². The smallest absolute Gasteiger partial charge is 0.382 e. The highest BCUT2D eigenvalue weighted by Crippen LogP contribution is 2.34. The molecule has 0 fully saturated rings. The van der Waals surface area contributed by atoms with Crippen molar-refractivity contribution in [3.05, 3.63) is 76.3 Å². The van der Waals surface area contributed by atoms with E-state index in [1.54, 1.807) is 13.0 Å². The number of aromatic nitrogens is 3. The van der Waals surface area contributed by atoms with Gasteiger partial charge < -0.3 is 16.2 Å². The van der Waals surface area contributed by atoms with Crippen LogP contribution in [0.3, 0.4) is 0 Å². The van der Waals surface area contributed by atoms with Gasteiger partial charge in [-0.1, -0.05) is 29.8 Å². The van der Waals surface area contributed by atoms with Crippen LogP contribution in [0.25, 0.3) is 16.8 Å². The number of anilines is 2. The molecule has 1 atom stereocenters. The molecular weight excluding hydrogens is 471 g/mol. The van der Waals surface area contributed by atoms with Crippen LogP contribution in [0, 0.1) is 13.8 Å². The Bertz CT molecular complexity index is 1520. The maximum atomic E-state index is 13.0. The predicted octanol–water partition coefficient (Wildman–Crippen LogP) is 4.94. The second-order valence-corrected chi connectivity index (χ2v) is 7.87. The molecule has 0 aliphatic rings. The fourth-order valence-electron chi connectivity index (χ4n) is 3.55. The third-order valence-electron chi connectivity index (χ3n) is 5.17. The van der Waals surface area contributed by atoms with Crippen LogP contribution in [0.15, 0.2) is 48.7 Å². The van der Waals surface area contributed by atoms with E-state index < -0.39 is 30.6 Å². The van der Waals surface area contributed by atoms with Gasteiger partial charge in [0.15, 0.2) is 6.10 Å². The zero-order valence-corrected chi connectivity index (χ0v) is 18.2. The van der Waals surface area contributed by atoms with Crippen LogP contribution in [-0.2, 0) is 11.0 Å². The lowest BCUT2D eigenvalue weighted by atomic mass is 10.0. The Balaban J connectivity index is 1.67. The molecule has 176 valence electrons. The molecule has 4 rings (SSSR count). The van der Waals surface area contributed by atoms with Gasteiger partial charge in [0.2, 0.25) is 0 Å². The molecular formula is C23H19ClF3N5O2. The van der Waals surface area contributed by atoms with Gasteiger partial charge in [-0.05, 0) is 49.2 Å². The highest BCUT2D eigenvalue weighted by atomic mass is 35.5. The lowest BCUT2D eigenvalue weighted by Crippen LogP contribution is -2.21. The Morgan fingerprint density at radius 2 is 2.06 bits per heavy atom. The van der Waals surface area contributed by atoms with Crippen molar-refractivity contribution >= 4 is 34.5 Å². The number of hydrogen-bond donors (Lipinski definition) is 3. The summed E-state index contributed by atoms with van der Waals surface area (Å²) in [5.41, 5.74) is 6.46. The Hall–Kier alpha value is -3.63. The number of nitrogens with zero attached hydrogens (tertiary/aromatic N) is 3. The summed E-state index contributed by atoms with van der Waals surface area (Å²) in [6, 6.07) is 8.39. The number of carbonyl (C=O) groups excluding carboxylic acids is 1. The first-order valence-corrected chi connectivity index (χ1v) is 10.2. The average molecular weight is 493 g/mol. The minimum Gasteiger partial charge on any atom is -0.382 e. The summed E-state index contributed by atoms with van der Waals surface area (Å²) in [5.74, 6) is -1.25. The van der Waals surface area contributed by atoms with Crippen LogP contribution in [0.5, 0.6) is 0 Å². The minimum atomic E-state index is -4.63. The topological polar surface area (TPSA) is 106 Å². The Morgan fingerprint density at radius 3 is 2.74 bits per heavy atom. The van der Waals surface area contributed by atoms with Crippen LogP contribution in [0.1, 0.15) is 32.7 Å². The predicted molar refractivity (Wildman–Crippen MR) is 122 cm³/mol. The summed E-state index contributed by atoms with van der Waals surface area (Å²) in [4.78, 5) is 20.8. The van der Waals surface area contributed by atoms with Crippen molar-refractivity contribution in [2.45, 2.75) is 26.1 Å². The fraction of sp³-hybridized carbons (Fsp3) is 0.174. The zero-order valence-electron chi connectivity index (χ0n) is 20.5. The van der Waals surface area contributed by atoms with E-state index in [2.05, 4.69) is 15.3 Å². The molecule has 0 saturated carbocycles. The second kappa shape index (κ2) is 8.62. The van der Waals surface area contributed by atoms with E-state index in [9.17, 15) is 23.1 Å². The zero-order chi connectivity index (χ0) is 27.3. The number of fused-ring (bicyclic) bond motifs is 1. The number of amides is 1. The molecule has 11 heteroatoms. The number of rotatable bonds is 4. The van der Waals surface area contributed by atoms with E-state index >= 15 is 0 Å².